The summed E-state index contributed by atoms with van der Waals surface area (Å²) in [7, 11) is 1.61. The Balaban J connectivity index is 1.92. The van der Waals surface area contributed by atoms with Crippen molar-refractivity contribution in [1.82, 2.24) is 9.88 Å². The molecule has 196 valence electrons. The van der Waals surface area contributed by atoms with Gasteiger partial charge in [0, 0.05) is 23.9 Å². The molecule has 9 heteroatoms. The van der Waals surface area contributed by atoms with Crippen LogP contribution in [-0.2, 0) is 23.3 Å². The molecule has 0 radical (unpaired) electrons. The molecule has 1 aromatic heterocycles. The quantitative estimate of drug-likeness (QED) is 0.265. The predicted molar refractivity (Wildman–Crippen MR) is 148 cm³/mol. The van der Waals surface area contributed by atoms with Crippen molar-refractivity contribution < 1.29 is 18.9 Å². The molecule has 0 saturated heterocycles. The van der Waals surface area contributed by atoms with Crippen LogP contribution in [-0.4, -0.2) is 40.3 Å². The fourth-order valence-corrected chi connectivity index (χ4v) is 4.80. The third kappa shape index (κ3) is 6.83. The number of hydrogen-bond acceptors (Lipinski definition) is 6. The first-order valence-corrected chi connectivity index (χ1v) is 13.4. The number of nitrogens with one attached hydrogen (secondary N) is 1. The number of anilines is 1. The average molecular weight is 542 g/mol. The molecule has 0 fully saturated rings. The minimum absolute atomic E-state index is 0.0238. The lowest BCUT2D eigenvalue weighted by Crippen LogP contribution is -2.29. The Labute approximate surface area is 226 Å². The molecular weight excluding hydrogens is 510 g/mol. The van der Waals surface area contributed by atoms with Gasteiger partial charge in [0.25, 0.3) is 5.91 Å². The number of carbonyl (C=O) groups excluding carboxylic acids is 2. The normalized spacial score (nSPS) is 12.1. The van der Waals surface area contributed by atoms with Crippen molar-refractivity contribution in [2.24, 2.45) is 0 Å². The van der Waals surface area contributed by atoms with Gasteiger partial charge in [-0.15, -0.1) is 0 Å². The summed E-state index contributed by atoms with van der Waals surface area (Å²) in [5.41, 5.74) is 2.89. The van der Waals surface area contributed by atoms with Gasteiger partial charge in [-0.2, -0.15) is 0 Å². The van der Waals surface area contributed by atoms with Gasteiger partial charge >= 0.3 is 0 Å². The number of ether oxygens (including phenoxy) is 1. The van der Waals surface area contributed by atoms with E-state index in [0.29, 0.717) is 23.7 Å². The van der Waals surface area contributed by atoms with E-state index in [1.54, 1.807) is 25.2 Å². The van der Waals surface area contributed by atoms with Crippen molar-refractivity contribution in [3.63, 3.8) is 0 Å². The van der Waals surface area contributed by atoms with Gasteiger partial charge in [-0.1, -0.05) is 50.6 Å². The zero-order valence-electron chi connectivity index (χ0n) is 21.9. The molecule has 0 bridgehead atoms. The first-order valence-electron chi connectivity index (χ1n) is 11.9. The Morgan fingerprint density at radius 3 is 2.43 bits per heavy atom. The number of halogens is 1. The van der Waals surface area contributed by atoms with E-state index < -0.39 is 17.3 Å². The Kier molecular flexibility index (Phi) is 9.23. The summed E-state index contributed by atoms with van der Waals surface area (Å²) in [4.78, 5) is 32.0. The van der Waals surface area contributed by atoms with Crippen LogP contribution >= 0.6 is 11.6 Å². The number of amides is 1. The SMILES string of the molecule is CCOc1nc(C)ccc1CN(C)C(=O)c1c(N[S+]([O-])c2ccc(C(C)(C)C)cc2)ccc(Cl)c1C=O. The van der Waals surface area contributed by atoms with Gasteiger partial charge in [0.1, 0.15) is 11.4 Å². The van der Waals surface area contributed by atoms with Gasteiger partial charge in [0.15, 0.2) is 11.2 Å². The third-order valence-corrected chi connectivity index (χ3v) is 7.21. The zero-order chi connectivity index (χ0) is 27.3. The summed E-state index contributed by atoms with van der Waals surface area (Å²) in [5.74, 6) is -0.0165. The molecule has 3 aromatic rings. The number of aryl methyl sites for hydroxylation is 1. The second-order valence-electron chi connectivity index (χ2n) is 9.66. The van der Waals surface area contributed by atoms with Crippen LogP contribution in [0, 0.1) is 6.92 Å². The minimum atomic E-state index is -1.68. The molecule has 0 aliphatic heterocycles. The second-order valence-corrected chi connectivity index (χ2v) is 11.3. The lowest BCUT2D eigenvalue weighted by molar-refractivity contribution is 0.0781. The maximum atomic E-state index is 13.6. The van der Waals surface area contributed by atoms with E-state index in [9.17, 15) is 14.1 Å². The lowest BCUT2D eigenvalue weighted by atomic mass is 9.87. The molecule has 0 spiro atoms. The molecule has 1 N–H and O–H groups in total. The summed E-state index contributed by atoms with van der Waals surface area (Å²) < 4.78 is 21.7. The van der Waals surface area contributed by atoms with E-state index in [1.807, 2.05) is 38.1 Å². The monoisotopic (exact) mass is 541 g/mol. The van der Waals surface area contributed by atoms with E-state index in [-0.39, 0.29) is 33.8 Å². The zero-order valence-corrected chi connectivity index (χ0v) is 23.5. The summed E-state index contributed by atoms with van der Waals surface area (Å²) in [6.45, 7) is 10.6. The highest BCUT2D eigenvalue weighted by atomic mass is 35.5. The predicted octanol–water partition coefficient (Wildman–Crippen LogP) is 5.96. The van der Waals surface area contributed by atoms with Crippen LogP contribution in [0.25, 0.3) is 0 Å². The van der Waals surface area contributed by atoms with Crippen LogP contribution in [0.4, 0.5) is 5.69 Å². The van der Waals surface area contributed by atoms with E-state index in [2.05, 4.69) is 30.5 Å². The van der Waals surface area contributed by atoms with Crippen molar-refractivity contribution in [2.45, 2.75) is 51.5 Å². The number of hydrogen-bond donors (Lipinski definition) is 1. The van der Waals surface area contributed by atoms with Gasteiger partial charge < -0.3 is 14.2 Å². The van der Waals surface area contributed by atoms with Crippen LogP contribution < -0.4 is 9.46 Å². The average Bonchev–Trinajstić information content (AvgIpc) is 2.85. The summed E-state index contributed by atoms with van der Waals surface area (Å²) in [5, 5.41) is 0.129. The maximum absolute atomic E-state index is 13.6. The number of pyridine rings is 1. The van der Waals surface area contributed by atoms with Crippen molar-refractivity contribution >= 4 is 40.8 Å². The first kappa shape index (κ1) is 28.5. The second kappa shape index (κ2) is 12.0. The van der Waals surface area contributed by atoms with Gasteiger partial charge in [0.05, 0.1) is 29.4 Å². The summed E-state index contributed by atoms with van der Waals surface area (Å²) in [6.07, 6.45) is 0.536. The maximum Gasteiger partial charge on any atom is 0.256 e. The molecule has 37 heavy (non-hydrogen) atoms. The van der Waals surface area contributed by atoms with E-state index in [1.165, 1.54) is 11.0 Å². The van der Waals surface area contributed by atoms with Crippen molar-refractivity contribution in [2.75, 3.05) is 18.4 Å². The highest BCUT2D eigenvalue weighted by molar-refractivity contribution is 7.92. The molecule has 3 rings (SSSR count). The minimum Gasteiger partial charge on any atom is -0.588 e. The number of aromatic nitrogens is 1. The number of nitrogens with zero attached hydrogens (tertiary/aromatic N) is 2. The number of carbonyl (C=O) groups is 2. The van der Waals surface area contributed by atoms with E-state index in [0.717, 1.165) is 16.8 Å². The van der Waals surface area contributed by atoms with Crippen LogP contribution in [0.5, 0.6) is 5.88 Å². The third-order valence-electron chi connectivity index (χ3n) is 5.77. The van der Waals surface area contributed by atoms with Gasteiger partial charge in [-0.05, 0) is 55.2 Å². The fraction of sp³-hybridized carbons (Fsp3) is 0.321. The van der Waals surface area contributed by atoms with Crippen LogP contribution in [0.3, 0.4) is 0 Å². The van der Waals surface area contributed by atoms with Crippen LogP contribution in [0.1, 0.15) is 65.2 Å². The summed E-state index contributed by atoms with van der Waals surface area (Å²) >= 11 is 4.59. The van der Waals surface area contributed by atoms with Crippen LogP contribution in [0.2, 0.25) is 5.02 Å². The molecule has 1 atom stereocenters. The van der Waals surface area contributed by atoms with Crippen molar-refractivity contribution in [3.05, 3.63) is 81.5 Å². The molecule has 0 saturated carbocycles. The number of benzene rings is 2. The van der Waals surface area contributed by atoms with Crippen LogP contribution in [0.15, 0.2) is 53.4 Å². The van der Waals surface area contributed by atoms with Gasteiger partial charge in [-0.3, -0.25) is 9.59 Å². The Morgan fingerprint density at radius 1 is 1.16 bits per heavy atom. The van der Waals surface area contributed by atoms with Gasteiger partial charge in [-0.25, -0.2) is 9.71 Å². The highest BCUT2D eigenvalue weighted by Gasteiger charge is 2.26. The summed E-state index contributed by atoms with van der Waals surface area (Å²) in [6, 6.07) is 14.2. The van der Waals surface area contributed by atoms with E-state index >= 15 is 0 Å². The topological polar surface area (TPSA) is 94.6 Å². The number of rotatable bonds is 9. The Morgan fingerprint density at radius 2 is 1.84 bits per heavy atom. The Bertz CT molecular complexity index is 1280. The molecule has 2 aromatic carbocycles. The molecule has 0 aliphatic carbocycles. The fourth-order valence-electron chi connectivity index (χ4n) is 3.72. The largest absolute Gasteiger partial charge is 0.588 e. The highest BCUT2D eigenvalue weighted by Crippen LogP contribution is 2.31. The molecule has 0 aliphatic rings. The first-order chi connectivity index (χ1) is 17.5. The van der Waals surface area contributed by atoms with Gasteiger partial charge in [0.2, 0.25) is 5.88 Å². The standard InChI is InChI=1S/C28H32ClN3O4S/c1-7-36-26-19(9-8-18(2)30-26)16-32(6)27(34)25-22(17-33)23(29)14-15-24(25)31-37(35)21-12-10-20(11-13-21)28(3,4)5/h8-15,17,31H,7,16H2,1-6H3. The van der Waals surface area contributed by atoms with Crippen molar-refractivity contribution in [1.29, 1.82) is 0 Å². The smallest absolute Gasteiger partial charge is 0.256 e. The Hall–Kier alpha value is -3.07. The molecule has 1 amide bonds. The lowest BCUT2D eigenvalue weighted by Gasteiger charge is -2.23. The molecule has 7 nitrogen and oxygen atoms in total. The molecular formula is C28H32ClN3O4S. The molecule has 1 unspecified atom stereocenters. The van der Waals surface area contributed by atoms with Crippen molar-refractivity contribution in [3.8, 4) is 5.88 Å². The number of aldehydes is 1. The molecule has 1 heterocycles. The van der Waals surface area contributed by atoms with E-state index in [4.69, 9.17) is 16.3 Å².